The molecule has 78 valence electrons. The molecule has 0 bridgehead atoms. The van der Waals surface area contributed by atoms with Crippen molar-refractivity contribution in [1.82, 2.24) is 0 Å². The summed E-state index contributed by atoms with van der Waals surface area (Å²) >= 11 is 1.56. The van der Waals surface area contributed by atoms with Gasteiger partial charge in [0.05, 0.1) is 13.2 Å². The van der Waals surface area contributed by atoms with Crippen LogP contribution >= 0.6 is 11.8 Å². The quantitative estimate of drug-likeness (QED) is 0.591. The van der Waals surface area contributed by atoms with Crippen LogP contribution in [-0.4, -0.2) is 24.1 Å². The maximum atomic E-state index is 9.15. The van der Waals surface area contributed by atoms with Crippen molar-refractivity contribution in [1.29, 1.82) is 0 Å². The van der Waals surface area contributed by atoms with Crippen molar-refractivity contribution in [2.45, 2.75) is 17.9 Å². The monoisotopic (exact) mass is 213 g/mol. The molecule has 0 fully saturated rings. The number of thioether (sulfide) groups is 1. The van der Waals surface area contributed by atoms with E-state index in [2.05, 4.69) is 0 Å². The maximum absolute atomic E-state index is 9.15. The number of rotatable bonds is 4. The minimum absolute atomic E-state index is 0.317. The van der Waals surface area contributed by atoms with Gasteiger partial charge in [-0.15, -0.1) is 11.8 Å². The lowest BCUT2D eigenvalue weighted by molar-refractivity contribution is 0.220. The molecule has 0 aliphatic carbocycles. The Labute approximate surface area is 88.3 Å². The number of aliphatic hydroxyl groups excluding tert-OH is 1. The fourth-order valence-corrected chi connectivity index (χ4v) is 1.88. The third kappa shape index (κ3) is 3.12. The molecule has 0 saturated heterocycles. The van der Waals surface area contributed by atoms with Gasteiger partial charge < -0.3 is 15.6 Å². The second-order valence-corrected chi connectivity index (χ2v) is 4.13. The zero-order valence-electron chi connectivity index (χ0n) is 8.36. The van der Waals surface area contributed by atoms with E-state index in [9.17, 15) is 0 Å². The Bertz CT molecular complexity index is 302. The third-order valence-corrected chi connectivity index (χ3v) is 2.97. The molecule has 0 spiro atoms. The average Bonchev–Trinajstić information content (AvgIpc) is 2.15. The number of nitrogens with two attached hydrogens (primary N) is 1. The van der Waals surface area contributed by atoms with Crippen molar-refractivity contribution >= 4 is 17.4 Å². The number of aliphatic hydroxyl groups is 1. The lowest BCUT2D eigenvalue weighted by Gasteiger charge is -2.09. The molecule has 0 heterocycles. The van der Waals surface area contributed by atoms with Gasteiger partial charge in [0.1, 0.15) is 5.75 Å². The van der Waals surface area contributed by atoms with Crippen LogP contribution in [0.15, 0.2) is 23.1 Å². The number of benzene rings is 1. The number of hydrogen-bond acceptors (Lipinski definition) is 4. The van der Waals surface area contributed by atoms with Gasteiger partial charge in [-0.2, -0.15) is 0 Å². The summed E-state index contributed by atoms with van der Waals surface area (Å²) in [5.74, 6) is 1.41. The van der Waals surface area contributed by atoms with Crippen LogP contribution in [0.25, 0.3) is 0 Å². The Morgan fingerprint density at radius 3 is 2.86 bits per heavy atom. The van der Waals surface area contributed by atoms with E-state index in [-0.39, 0.29) is 6.10 Å². The van der Waals surface area contributed by atoms with Crippen LogP contribution in [0.3, 0.4) is 0 Å². The summed E-state index contributed by atoms with van der Waals surface area (Å²) in [6.45, 7) is 1.76. The number of methoxy groups -OCH3 is 1. The van der Waals surface area contributed by atoms with Gasteiger partial charge in [0, 0.05) is 22.4 Å². The molecular weight excluding hydrogens is 198 g/mol. The van der Waals surface area contributed by atoms with E-state index in [0.29, 0.717) is 11.4 Å². The van der Waals surface area contributed by atoms with E-state index < -0.39 is 0 Å². The van der Waals surface area contributed by atoms with Gasteiger partial charge in [0.2, 0.25) is 0 Å². The van der Waals surface area contributed by atoms with E-state index in [1.165, 1.54) is 0 Å². The van der Waals surface area contributed by atoms with Gasteiger partial charge in [-0.3, -0.25) is 0 Å². The highest BCUT2D eigenvalue weighted by atomic mass is 32.2. The number of ether oxygens (including phenoxy) is 1. The van der Waals surface area contributed by atoms with E-state index in [0.717, 1.165) is 10.6 Å². The standard InChI is InChI=1S/C10H15NO2S/c1-7(12)6-14-10-4-3-8(11)5-9(10)13-2/h3-5,7,12H,6,11H2,1-2H3. The molecule has 4 heteroatoms. The summed E-state index contributed by atoms with van der Waals surface area (Å²) < 4.78 is 5.18. The largest absolute Gasteiger partial charge is 0.496 e. The first-order valence-electron chi connectivity index (χ1n) is 4.38. The van der Waals surface area contributed by atoms with Crippen LogP contribution in [0.1, 0.15) is 6.92 Å². The molecule has 0 aliphatic rings. The SMILES string of the molecule is COc1cc(N)ccc1SCC(C)O. The summed E-state index contributed by atoms with van der Waals surface area (Å²) in [5.41, 5.74) is 6.30. The molecule has 0 amide bonds. The molecule has 0 radical (unpaired) electrons. The molecule has 1 atom stereocenters. The number of nitrogen functional groups attached to an aromatic ring is 1. The summed E-state index contributed by atoms with van der Waals surface area (Å²) in [6, 6.07) is 5.51. The molecule has 1 rings (SSSR count). The summed E-state index contributed by atoms with van der Waals surface area (Å²) in [4.78, 5) is 1.00. The normalized spacial score (nSPS) is 12.5. The summed E-state index contributed by atoms with van der Waals surface area (Å²) in [6.07, 6.45) is -0.317. The number of anilines is 1. The van der Waals surface area contributed by atoms with Crippen LogP contribution in [0, 0.1) is 0 Å². The Morgan fingerprint density at radius 2 is 2.29 bits per heavy atom. The highest BCUT2D eigenvalue weighted by Crippen LogP contribution is 2.31. The first kappa shape index (κ1) is 11.2. The Balaban J connectivity index is 2.75. The highest BCUT2D eigenvalue weighted by Gasteiger charge is 2.05. The molecular formula is C10H15NO2S. The minimum atomic E-state index is -0.317. The second-order valence-electron chi connectivity index (χ2n) is 3.07. The molecule has 3 nitrogen and oxygen atoms in total. The molecule has 0 aliphatic heterocycles. The van der Waals surface area contributed by atoms with Gasteiger partial charge in [0.15, 0.2) is 0 Å². The van der Waals surface area contributed by atoms with Crippen LogP contribution in [0.2, 0.25) is 0 Å². The molecule has 3 N–H and O–H groups in total. The first-order chi connectivity index (χ1) is 6.63. The second kappa shape index (κ2) is 5.12. The van der Waals surface area contributed by atoms with Crippen LogP contribution in [0.5, 0.6) is 5.75 Å². The van der Waals surface area contributed by atoms with E-state index >= 15 is 0 Å². The predicted octanol–water partition coefficient (Wildman–Crippen LogP) is 1.75. The van der Waals surface area contributed by atoms with Crippen molar-refractivity contribution in [3.63, 3.8) is 0 Å². The zero-order chi connectivity index (χ0) is 10.6. The summed E-state index contributed by atoms with van der Waals surface area (Å²) in [5, 5.41) is 9.15. The molecule has 1 aromatic carbocycles. The van der Waals surface area contributed by atoms with Crippen LogP contribution in [0.4, 0.5) is 5.69 Å². The molecule has 1 aromatic rings. The zero-order valence-corrected chi connectivity index (χ0v) is 9.17. The fourth-order valence-electron chi connectivity index (χ4n) is 1.01. The minimum Gasteiger partial charge on any atom is -0.496 e. The predicted molar refractivity (Wildman–Crippen MR) is 59.8 cm³/mol. The fraction of sp³-hybridized carbons (Fsp3) is 0.400. The van der Waals surface area contributed by atoms with E-state index in [1.54, 1.807) is 31.9 Å². The average molecular weight is 213 g/mol. The van der Waals surface area contributed by atoms with Crippen LogP contribution < -0.4 is 10.5 Å². The Hall–Kier alpha value is -0.870. The molecule has 14 heavy (non-hydrogen) atoms. The van der Waals surface area contributed by atoms with Gasteiger partial charge in [-0.1, -0.05) is 0 Å². The molecule has 0 aromatic heterocycles. The lowest BCUT2D eigenvalue weighted by Crippen LogP contribution is -2.02. The van der Waals surface area contributed by atoms with Crippen molar-refractivity contribution in [2.24, 2.45) is 0 Å². The van der Waals surface area contributed by atoms with Gasteiger partial charge in [0.25, 0.3) is 0 Å². The third-order valence-electron chi connectivity index (χ3n) is 1.67. The van der Waals surface area contributed by atoms with E-state index in [1.807, 2.05) is 12.1 Å². The van der Waals surface area contributed by atoms with Gasteiger partial charge >= 0.3 is 0 Å². The van der Waals surface area contributed by atoms with Crippen molar-refractivity contribution < 1.29 is 9.84 Å². The maximum Gasteiger partial charge on any atom is 0.134 e. The first-order valence-corrected chi connectivity index (χ1v) is 5.36. The van der Waals surface area contributed by atoms with Gasteiger partial charge in [-0.25, -0.2) is 0 Å². The molecule has 0 saturated carbocycles. The lowest BCUT2D eigenvalue weighted by atomic mass is 10.3. The molecule has 1 unspecified atom stereocenters. The highest BCUT2D eigenvalue weighted by molar-refractivity contribution is 7.99. The van der Waals surface area contributed by atoms with Crippen molar-refractivity contribution in [2.75, 3.05) is 18.6 Å². The number of hydrogen-bond donors (Lipinski definition) is 2. The van der Waals surface area contributed by atoms with Crippen molar-refractivity contribution in [3.8, 4) is 5.75 Å². The van der Waals surface area contributed by atoms with Crippen molar-refractivity contribution in [3.05, 3.63) is 18.2 Å². The Morgan fingerprint density at radius 1 is 1.57 bits per heavy atom. The van der Waals surface area contributed by atoms with Gasteiger partial charge in [-0.05, 0) is 19.1 Å². The topological polar surface area (TPSA) is 55.5 Å². The van der Waals surface area contributed by atoms with E-state index in [4.69, 9.17) is 15.6 Å². The van der Waals surface area contributed by atoms with Crippen LogP contribution in [-0.2, 0) is 0 Å². The summed E-state index contributed by atoms with van der Waals surface area (Å²) in [7, 11) is 1.61. The smallest absolute Gasteiger partial charge is 0.134 e. The Kier molecular flexibility index (Phi) is 4.10.